The highest BCUT2D eigenvalue weighted by molar-refractivity contribution is 7.93. The Morgan fingerprint density at radius 2 is 1.50 bits per heavy atom. The van der Waals surface area contributed by atoms with Crippen molar-refractivity contribution in [1.29, 1.82) is 0 Å². The van der Waals surface area contributed by atoms with Crippen molar-refractivity contribution in [2.45, 2.75) is 12.8 Å². The molecule has 0 bridgehead atoms. The first-order chi connectivity index (χ1) is 3.91. The molecule has 1 fully saturated rings. The molecule has 0 aromatic carbocycles. The fourth-order valence-corrected chi connectivity index (χ4v) is 0.510. The fourth-order valence-electron chi connectivity index (χ4n) is 0.510. The number of thiocarbonyl (C=S) groups is 2. The van der Waals surface area contributed by atoms with Crippen LogP contribution in [0.15, 0.2) is 0 Å². The van der Waals surface area contributed by atoms with Crippen LogP contribution < -0.4 is 0 Å². The van der Waals surface area contributed by atoms with Gasteiger partial charge in [-0.05, 0) is 37.3 Å². The molecule has 1 rings (SSSR count). The van der Waals surface area contributed by atoms with E-state index in [1.807, 2.05) is 4.31 Å². The zero-order valence-electron chi connectivity index (χ0n) is 4.55. The third-order valence-electron chi connectivity index (χ3n) is 0.827. The Hall–Kier alpha value is 0.180. The van der Waals surface area contributed by atoms with E-state index in [2.05, 4.69) is 24.4 Å². The van der Waals surface area contributed by atoms with E-state index in [1.54, 1.807) is 0 Å². The van der Waals surface area contributed by atoms with E-state index in [1.165, 1.54) is 12.8 Å². The average Bonchev–Trinajstić information content (AvgIpc) is 2.17. The van der Waals surface area contributed by atoms with Crippen molar-refractivity contribution in [3.05, 3.63) is 0 Å². The molecule has 0 aromatic heterocycles. The molecule has 0 spiro atoms. The summed E-state index contributed by atoms with van der Waals surface area (Å²) in [5.74, 6) is 0. The Bertz CT molecular complexity index is 64.9. The molecule has 3 heteroatoms. The normalized spacial score (nSPS) is 16.0. The average molecular weight is 148 g/mol. The minimum atomic E-state index is 1.00. The van der Waals surface area contributed by atoms with Crippen molar-refractivity contribution >= 4 is 28.7 Å². The van der Waals surface area contributed by atoms with Crippen LogP contribution in [0.5, 0.6) is 0 Å². The lowest BCUT2D eigenvalue weighted by atomic mass is 10.4. The molecule has 1 aliphatic heterocycles. The van der Waals surface area contributed by atoms with Crippen LogP contribution in [-0.4, -0.2) is 17.5 Å². The van der Waals surface area contributed by atoms with Crippen molar-refractivity contribution in [3.8, 4) is 0 Å². The summed E-state index contributed by atoms with van der Waals surface area (Å²) in [5, 5.41) is 0. The van der Waals surface area contributed by atoms with Crippen LogP contribution in [-0.2, 0) is 4.74 Å². The summed E-state index contributed by atoms with van der Waals surface area (Å²) in [7, 11) is 0. The highest BCUT2D eigenvalue weighted by atomic mass is 32.1. The van der Waals surface area contributed by atoms with Crippen LogP contribution in [0.2, 0.25) is 0 Å². The second-order valence-electron chi connectivity index (χ2n) is 1.40. The van der Waals surface area contributed by atoms with E-state index >= 15 is 0 Å². The van der Waals surface area contributed by atoms with Crippen molar-refractivity contribution in [3.63, 3.8) is 0 Å². The molecule has 1 heterocycles. The zero-order valence-corrected chi connectivity index (χ0v) is 6.19. The van der Waals surface area contributed by atoms with Gasteiger partial charge in [-0.15, -0.1) is 0 Å². The Morgan fingerprint density at radius 3 is 1.62 bits per heavy atom. The second kappa shape index (κ2) is 7.18. The summed E-state index contributed by atoms with van der Waals surface area (Å²) in [6.45, 7) is 2.00. The monoisotopic (exact) mass is 148 g/mol. The first-order valence-corrected chi connectivity index (χ1v) is 3.30. The predicted octanol–water partition coefficient (Wildman–Crippen LogP) is 1.81. The topological polar surface area (TPSA) is 9.23 Å². The van der Waals surface area contributed by atoms with E-state index in [0.29, 0.717) is 0 Å². The Labute approximate surface area is 60.0 Å². The standard InChI is InChI=1S/C4H8O.CS2/c1-2-4-5-3-1;2-1-3/h1-4H2;. The van der Waals surface area contributed by atoms with Crippen molar-refractivity contribution in [2.75, 3.05) is 13.2 Å². The molecule has 0 saturated carbocycles. The highest BCUT2D eigenvalue weighted by Crippen LogP contribution is 1.98. The quantitative estimate of drug-likeness (QED) is 0.485. The molecule has 1 aliphatic rings. The number of hydrogen-bond acceptors (Lipinski definition) is 3. The maximum atomic E-state index is 4.94. The lowest BCUT2D eigenvalue weighted by molar-refractivity contribution is 0.198. The molecule has 0 aromatic rings. The second-order valence-corrected chi connectivity index (χ2v) is 2.07. The van der Waals surface area contributed by atoms with Crippen LogP contribution in [0.3, 0.4) is 0 Å². The zero-order chi connectivity index (χ0) is 6.24. The lowest BCUT2D eigenvalue weighted by Crippen LogP contribution is -1.74. The van der Waals surface area contributed by atoms with Gasteiger partial charge < -0.3 is 4.74 Å². The summed E-state index contributed by atoms with van der Waals surface area (Å²) < 4.78 is 6.86. The number of rotatable bonds is 0. The lowest BCUT2D eigenvalue weighted by Gasteiger charge is -1.76. The van der Waals surface area contributed by atoms with Crippen molar-refractivity contribution < 1.29 is 4.74 Å². The summed E-state index contributed by atoms with van der Waals surface area (Å²) in [6.07, 6.45) is 2.56. The van der Waals surface area contributed by atoms with Gasteiger partial charge in [0.15, 0.2) is 0 Å². The van der Waals surface area contributed by atoms with Gasteiger partial charge in [0.2, 0.25) is 0 Å². The Morgan fingerprint density at radius 1 is 1.12 bits per heavy atom. The van der Waals surface area contributed by atoms with Gasteiger partial charge in [0.25, 0.3) is 0 Å². The molecular formula is C5H8OS2. The number of hydrogen-bond donors (Lipinski definition) is 0. The largest absolute Gasteiger partial charge is 0.381 e. The predicted molar refractivity (Wildman–Crippen MR) is 40.2 cm³/mol. The van der Waals surface area contributed by atoms with Gasteiger partial charge in [0.1, 0.15) is 0 Å². The van der Waals surface area contributed by atoms with Crippen LogP contribution in [0.25, 0.3) is 0 Å². The molecule has 8 heavy (non-hydrogen) atoms. The maximum Gasteiger partial charge on any atom is 0.0466 e. The van der Waals surface area contributed by atoms with Gasteiger partial charge in [0.05, 0.1) is 0 Å². The Balaban J connectivity index is 0.000000145. The van der Waals surface area contributed by atoms with Crippen LogP contribution in [0.1, 0.15) is 12.8 Å². The van der Waals surface area contributed by atoms with Gasteiger partial charge in [0, 0.05) is 17.5 Å². The van der Waals surface area contributed by atoms with Gasteiger partial charge in [-0.3, -0.25) is 0 Å². The van der Waals surface area contributed by atoms with Gasteiger partial charge in [-0.2, -0.15) is 0 Å². The SMILES string of the molecule is C1CCOC1.S=C=S. The van der Waals surface area contributed by atoms with Crippen LogP contribution in [0.4, 0.5) is 0 Å². The molecular weight excluding hydrogens is 140 g/mol. The molecule has 1 saturated heterocycles. The van der Waals surface area contributed by atoms with Gasteiger partial charge in [-0.1, -0.05) is 0 Å². The summed E-state index contributed by atoms with van der Waals surface area (Å²) >= 11 is 7.92. The van der Waals surface area contributed by atoms with E-state index in [4.69, 9.17) is 4.74 Å². The summed E-state index contributed by atoms with van der Waals surface area (Å²) in [5.41, 5.74) is 0. The molecule has 0 radical (unpaired) electrons. The van der Waals surface area contributed by atoms with E-state index in [0.717, 1.165) is 13.2 Å². The maximum absolute atomic E-state index is 4.94. The third kappa shape index (κ3) is 6.18. The summed E-state index contributed by atoms with van der Waals surface area (Å²) in [4.78, 5) is 0. The van der Waals surface area contributed by atoms with E-state index in [-0.39, 0.29) is 0 Å². The number of ether oxygens (including phenoxy) is 1. The van der Waals surface area contributed by atoms with Gasteiger partial charge >= 0.3 is 0 Å². The molecule has 0 atom stereocenters. The minimum Gasteiger partial charge on any atom is -0.381 e. The van der Waals surface area contributed by atoms with Gasteiger partial charge in [-0.25, -0.2) is 0 Å². The molecule has 0 N–H and O–H groups in total. The molecule has 0 unspecified atom stereocenters. The third-order valence-corrected chi connectivity index (χ3v) is 0.827. The fraction of sp³-hybridized carbons (Fsp3) is 0.800. The van der Waals surface area contributed by atoms with E-state index < -0.39 is 0 Å². The van der Waals surface area contributed by atoms with Crippen LogP contribution in [0, 0.1) is 0 Å². The smallest absolute Gasteiger partial charge is 0.0466 e. The van der Waals surface area contributed by atoms with Crippen molar-refractivity contribution in [2.24, 2.45) is 0 Å². The molecule has 0 amide bonds. The van der Waals surface area contributed by atoms with E-state index in [9.17, 15) is 0 Å². The summed E-state index contributed by atoms with van der Waals surface area (Å²) in [6, 6.07) is 0. The first kappa shape index (κ1) is 8.18. The van der Waals surface area contributed by atoms with Crippen molar-refractivity contribution in [1.82, 2.24) is 0 Å². The van der Waals surface area contributed by atoms with Crippen LogP contribution >= 0.6 is 24.4 Å². The molecule has 0 aliphatic carbocycles. The molecule has 46 valence electrons. The first-order valence-electron chi connectivity index (χ1n) is 2.49. The highest BCUT2D eigenvalue weighted by Gasteiger charge is 1.94. The minimum absolute atomic E-state index is 1.00. The molecule has 1 nitrogen and oxygen atoms in total. The Kier molecular flexibility index (Phi) is 7.34.